The molecule has 0 unspecified atom stereocenters. The van der Waals surface area contributed by atoms with Gasteiger partial charge in [0.25, 0.3) is 17.7 Å². The number of hydrogen-bond acceptors (Lipinski definition) is 6. The van der Waals surface area contributed by atoms with Crippen LogP contribution in [0.2, 0.25) is 0 Å². The Labute approximate surface area is 207 Å². The van der Waals surface area contributed by atoms with Gasteiger partial charge in [-0.25, -0.2) is 4.39 Å². The highest BCUT2D eigenvalue weighted by atomic mass is 19.1. The van der Waals surface area contributed by atoms with E-state index >= 15 is 0 Å². The number of halogens is 1. The third-order valence-corrected chi connectivity index (χ3v) is 5.60. The highest BCUT2D eigenvalue weighted by molar-refractivity contribution is 5.95. The quantitative estimate of drug-likeness (QED) is 0.381. The molecule has 3 aromatic carbocycles. The molecule has 0 atom stereocenters. The molecule has 0 aliphatic carbocycles. The van der Waals surface area contributed by atoms with Crippen molar-refractivity contribution >= 4 is 11.8 Å². The summed E-state index contributed by atoms with van der Waals surface area (Å²) in [6, 6.07) is 20.1. The van der Waals surface area contributed by atoms with E-state index in [0.29, 0.717) is 42.4 Å². The van der Waals surface area contributed by atoms with Crippen LogP contribution in [-0.2, 0) is 13.0 Å². The van der Waals surface area contributed by atoms with Gasteiger partial charge >= 0.3 is 0 Å². The van der Waals surface area contributed by atoms with E-state index in [9.17, 15) is 14.0 Å². The van der Waals surface area contributed by atoms with Gasteiger partial charge in [-0.05, 0) is 54.1 Å². The number of nitrogens with one attached hydrogen (secondary N) is 1. The van der Waals surface area contributed by atoms with Crippen LogP contribution < -0.4 is 10.1 Å². The second-order valence-electron chi connectivity index (χ2n) is 8.08. The topological polar surface area (TPSA) is 97.6 Å². The Morgan fingerprint density at radius 2 is 1.75 bits per heavy atom. The van der Waals surface area contributed by atoms with Crippen LogP contribution in [0.15, 0.2) is 77.3 Å². The van der Waals surface area contributed by atoms with E-state index in [4.69, 9.17) is 9.26 Å². The van der Waals surface area contributed by atoms with Crippen molar-refractivity contribution in [3.8, 4) is 17.2 Å². The molecule has 0 radical (unpaired) electrons. The molecule has 4 rings (SSSR count). The van der Waals surface area contributed by atoms with Crippen molar-refractivity contribution in [3.05, 3.63) is 101 Å². The maximum atomic E-state index is 13.9. The summed E-state index contributed by atoms with van der Waals surface area (Å²) >= 11 is 0. The van der Waals surface area contributed by atoms with E-state index < -0.39 is 11.7 Å². The minimum Gasteiger partial charge on any atom is -0.497 e. The summed E-state index contributed by atoms with van der Waals surface area (Å²) in [5.74, 6) is 0.295. The lowest BCUT2D eigenvalue weighted by Gasteiger charge is -2.16. The molecule has 0 saturated carbocycles. The molecule has 0 fully saturated rings. The van der Waals surface area contributed by atoms with Gasteiger partial charge in [0.2, 0.25) is 0 Å². The lowest BCUT2D eigenvalue weighted by atomic mass is 10.1. The van der Waals surface area contributed by atoms with Crippen LogP contribution in [-0.4, -0.2) is 47.6 Å². The fourth-order valence-corrected chi connectivity index (χ4v) is 3.47. The van der Waals surface area contributed by atoms with Gasteiger partial charge in [-0.1, -0.05) is 29.4 Å². The molecule has 1 aromatic heterocycles. The van der Waals surface area contributed by atoms with Gasteiger partial charge in [-0.2, -0.15) is 4.98 Å². The van der Waals surface area contributed by atoms with Crippen molar-refractivity contribution in [2.24, 2.45) is 0 Å². The van der Waals surface area contributed by atoms with E-state index in [1.54, 1.807) is 44.5 Å². The summed E-state index contributed by atoms with van der Waals surface area (Å²) in [7, 11) is 3.20. The Morgan fingerprint density at radius 1 is 1.03 bits per heavy atom. The summed E-state index contributed by atoms with van der Waals surface area (Å²) in [5.41, 5.74) is 2.14. The van der Waals surface area contributed by atoms with Crippen molar-refractivity contribution in [2.45, 2.75) is 13.0 Å². The van der Waals surface area contributed by atoms with Gasteiger partial charge < -0.3 is 19.5 Å². The second kappa shape index (κ2) is 11.3. The second-order valence-corrected chi connectivity index (χ2v) is 8.08. The van der Waals surface area contributed by atoms with E-state index in [0.717, 1.165) is 11.3 Å². The number of benzene rings is 3. The number of likely N-dealkylation sites (N-methyl/N-ethyl adjacent to an activating group) is 1. The first-order valence-electron chi connectivity index (χ1n) is 11.3. The van der Waals surface area contributed by atoms with Crippen molar-refractivity contribution in [1.29, 1.82) is 0 Å². The zero-order valence-electron chi connectivity index (χ0n) is 19.9. The maximum absolute atomic E-state index is 13.9. The van der Waals surface area contributed by atoms with Crippen LogP contribution in [0.5, 0.6) is 5.75 Å². The molecular weight excluding hydrogens is 463 g/mol. The number of carbonyl (C=O) groups is 2. The van der Waals surface area contributed by atoms with Gasteiger partial charge in [0.15, 0.2) is 5.82 Å². The molecule has 1 heterocycles. The fourth-order valence-electron chi connectivity index (χ4n) is 3.47. The number of carbonyl (C=O) groups excluding carboxylic acids is 2. The Bertz CT molecular complexity index is 1340. The standard InChI is InChI=1S/C27H25FN4O4/c1-32(27(34)22-5-3-4-6-23(22)28)16-15-24-30-26(36-31-24)20-11-9-19(10-12-20)25(33)29-17-18-7-13-21(35-2)14-8-18/h3-14H,15-17H2,1-2H3,(H,29,33). The molecular formula is C27H25FN4O4. The minimum absolute atomic E-state index is 0.0157. The Balaban J connectivity index is 1.31. The van der Waals surface area contributed by atoms with E-state index in [2.05, 4.69) is 15.5 Å². The summed E-state index contributed by atoms with van der Waals surface area (Å²) in [5, 5.41) is 6.84. The number of hydrogen-bond donors (Lipinski definition) is 1. The number of nitrogens with zero attached hydrogens (tertiary/aromatic N) is 3. The molecule has 184 valence electrons. The average molecular weight is 489 g/mol. The first-order chi connectivity index (χ1) is 17.4. The molecule has 0 bridgehead atoms. The zero-order chi connectivity index (χ0) is 25.5. The van der Waals surface area contributed by atoms with Crippen LogP contribution >= 0.6 is 0 Å². The van der Waals surface area contributed by atoms with Crippen LogP contribution in [0.1, 0.15) is 32.1 Å². The number of rotatable bonds is 9. The highest BCUT2D eigenvalue weighted by Crippen LogP contribution is 2.19. The largest absolute Gasteiger partial charge is 0.497 e. The van der Waals surface area contributed by atoms with Crippen molar-refractivity contribution in [1.82, 2.24) is 20.4 Å². The summed E-state index contributed by atoms with van der Waals surface area (Å²) in [6.07, 6.45) is 0.339. The molecule has 1 N–H and O–H groups in total. The Morgan fingerprint density at radius 3 is 2.44 bits per heavy atom. The van der Waals surface area contributed by atoms with Gasteiger partial charge in [-0.15, -0.1) is 0 Å². The average Bonchev–Trinajstić information content (AvgIpc) is 3.40. The predicted octanol–water partition coefficient (Wildman–Crippen LogP) is 4.13. The van der Waals surface area contributed by atoms with E-state index in [1.807, 2.05) is 24.3 Å². The van der Waals surface area contributed by atoms with Gasteiger partial charge in [0.05, 0.1) is 12.7 Å². The lowest BCUT2D eigenvalue weighted by Crippen LogP contribution is -2.29. The number of aromatic nitrogens is 2. The number of methoxy groups -OCH3 is 1. The maximum Gasteiger partial charge on any atom is 0.257 e. The van der Waals surface area contributed by atoms with Gasteiger partial charge in [0, 0.05) is 37.7 Å². The molecule has 9 heteroatoms. The van der Waals surface area contributed by atoms with Crippen LogP contribution in [0.25, 0.3) is 11.5 Å². The van der Waals surface area contributed by atoms with Gasteiger partial charge in [0.1, 0.15) is 11.6 Å². The molecule has 2 amide bonds. The lowest BCUT2D eigenvalue weighted by molar-refractivity contribution is 0.0790. The first kappa shape index (κ1) is 24.6. The van der Waals surface area contributed by atoms with Crippen molar-refractivity contribution in [2.75, 3.05) is 20.7 Å². The summed E-state index contributed by atoms with van der Waals surface area (Å²) in [4.78, 5) is 30.7. The van der Waals surface area contributed by atoms with E-state index in [-0.39, 0.29) is 11.5 Å². The first-order valence-corrected chi connectivity index (χ1v) is 11.3. The van der Waals surface area contributed by atoms with Crippen molar-refractivity contribution in [3.63, 3.8) is 0 Å². The Kier molecular flexibility index (Phi) is 7.69. The summed E-state index contributed by atoms with van der Waals surface area (Å²) in [6.45, 7) is 0.685. The third kappa shape index (κ3) is 5.93. The third-order valence-electron chi connectivity index (χ3n) is 5.60. The molecule has 8 nitrogen and oxygen atoms in total. The minimum atomic E-state index is -0.561. The Hall–Kier alpha value is -4.53. The fraction of sp³-hybridized carbons (Fsp3) is 0.185. The normalized spacial score (nSPS) is 10.6. The van der Waals surface area contributed by atoms with Crippen LogP contribution in [0.4, 0.5) is 4.39 Å². The molecule has 4 aromatic rings. The molecule has 0 aliphatic heterocycles. The van der Waals surface area contributed by atoms with Crippen LogP contribution in [0, 0.1) is 5.82 Å². The molecule has 0 spiro atoms. The van der Waals surface area contributed by atoms with E-state index in [1.165, 1.54) is 23.1 Å². The molecule has 0 saturated heterocycles. The van der Waals surface area contributed by atoms with Crippen LogP contribution in [0.3, 0.4) is 0 Å². The number of ether oxygens (including phenoxy) is 1. The molecule has 36 heavy (non-hydrogen) atoms. The monoisotopic (exact) mass is 488 g/mol. The predicted molar refractivity (Wildman–Crippen MR) is 131 cm³/mol. The number of amides is 2. The SMILES string of the molecule is COc1ccc(CNC(=O)c2ccc(-c3nc(CCN(C)C(=O)c4ccccc4F)no3)cc2)cc1. The smallest absolute Gasteiger partial charge is 0.257 e. The van der Waals surface area contributed by atoms with Crippen molar-refractivity contribution < 1.29 is 23.2 Å². The molecule has 0 aliphatic rings. The zero-order valence-corrected chi connectivity index (χ0v) is 19.9. The highest BCUT2D eigenvalue weighted by Gasteiger charge is 2.17. The van der Waals surface area contributed by atoms with Gasteiger partial charge in [-0.3, -0.25) is 9.59 Å². The summed E-state index contributed by atoms with van der Waals surface area (Å²) < 4.78 is 24.3.